The molecule has 0 fully saturated rings. The van der Waals surface area contributed by atoms with Crippen molar-refractivity contribution in [3.63, 3.8) is 0 Å². The average molecular weight is 213 g/mol. The number of alkyl halides is 2. The van der Waals surface area contributed by atoms with Gasteiger partial charge in [-0.05, 0) is 17.7 Å². The fourth-order valence-corrected chi connectivity index (χ4v) is 1.52. The van der Waals surface area contributed by atoms with E-state index in [9.17, 15) is 8.78 Å². The normalized spacial score (nSPS) is 10.1. The summed E-state index contributed by atoms with van der Waals surface area (Å²) in [6, 6.07) is 6.90. The van der Waals surface area contributed by atoms with Gasteiger partial charge in [0.1, 0.15) is 0 Å². The average Bonchev–Trinajstić information content (AvgIpc) is 2.16. The number of thioether (sulfide) groups is 1. The number of hydrogen-bond acceptors (Lipinski definition) is 1. The van der Waals surface area contributed by atoms with Gasteiger partial charge in [0.05, 0.1) is 0 Å². The van der Waals surface area contributed by atoms with E-state index in [0.717, 1.165) is 5.56 Å². The maximum atomic E-state index is 11.9. The molecule has 0 bridgehead atoms. The lowest BCUT2D eigenvalue weighted by Crippen LogP contribution is -1.87. The summed E-state index contributed by atoms with van der Waals surface area (Å²) in [6.45, 7) is 7.05. The van der Waals surface area contributed by atoms with Crippen LogP contribution in [0.5, 0.6) is 0 Å². The zero-order chi connectivity index (χ0) is 10.4. The van der Waals surface area contributed by atoms with E-state index < -0.39 is 5.76 Å². The van der Waals surface area contributed by atoms with Crippen LogP contribution in [0.2, 0.25) is 0 Å². The highest BCUT2D eigenvalue weighted by atomic mass is 32.2. The zero-order valence-electron chi connectivity index (χ0n) is 7.41. The van der Waals surface area contributed by atoms with Crippen LogP contribution in [0.1, 0.15) is 5.56 Å². The largest absolute Gasteiger partial charge is 0.317 e. The predicted molar refractivity (Wildman–Crippen MR) is 53.5 cm³/mol. The number of nitrogens with zero attached hydrogens (tertiary/aromatic N) is 1. The molecule has 1 rings (SSSR count). The molecule has 0 aliphatic heterocycles. The molecule has 0 heterocycles. The first-order chi connectivity index (χ1) is 6.72. The van der Waals surface area contributed by atoms with Crippen molar-refractivity contribution in [3.8, 4) is 0 Å². The highest BCUT2D eigenvalue weighted by Gasteiger charge is 2.04. The van der Waals surface area contributed by atoms with Crippen molar-refractivity contribution in [1.29, 1.82) is 0 Å². The second-order valence-corrected chi connectivity index (χ2v) is 3.72. The minimum absolute atomic E-state index is 0.446. The summed E-state index contributed by atoms with van der Waals surface area (Å²) in [5, 5.41) is 0. The molecule has 0 N–H and O–H groups in total. The first kappa shape index (κ1) is 11.0. The fourth-order valence-electron chi connectivity index (χ4n) is 1.02. The smallest absolute Gasteiger partial charge is 0.288 e. The molecule has 1 aromatic carbocycles. The van der Waals surface area contributed by atoms with Crippen molar-refractivity contribution in [1.82, 2.24) is 0 Å². The summed E-state index contributed by atoms with van der Waals surface area (Å²) in [6.07, 6.45) is 0.684. The SMILES string of the molecule is [C-]#[N+]CCc1ccc(SC(F)F)cc1. The second-order valence-electron chi connectivity index (χ2n) is 2.65. The van der Waals surface area contributed by atoms with Crippen molar-refractivity contribution < 1.29 is 8.78 Å². The van der Waals surface area contributed by atoms with E-state index in [-0.39, 0.29) is 0 Å². The van der Waals surface area contributed by atoms with Crippen LogP contribution in [0.4, 0.5) is 8.78 Å². The Labute approximate surface area is 85.9 Å². The van der Waals surface area contributed by atoms with Gasteiger partial charge in [-0.2, -0.15) is 8.78 Å². The highest BCUT2D eigenvalue weighted by Crippen LogP contribution is 2.25. The maximum Gasteiger partial charge on any atom is 0.288 e. The summed E-state index contributed by atoms with van der Waals surface area (Å²) in [4.78, 5) is 3.79. The molecule has 14 heavy (non-hydrogen) atoms. The molecule has 0 saturated carbocycles. The lowest BCUT2D eigenvalue weighted by Gasteiger charge is -2.00. The lowest BCUT2D eigenvalue weighted by molar-refractivity contribution is 0.252. The number of halogens is 2. The van der Waals surface area contributed by atoms with Gasteiger partial charge in [-0.15, -0.1) is 0 Å². The highest BCUT2D eigenvalue weighted by molar-refractivity contribution is 7.99. The van der Waals surface area contributed by atoms with Crippen LogP contribution in [0, 0.1) is 6.57 Å². The number of benzene rings is 1. The minimum Gasteiger partial charge on any atom is -0.317 e. The summed E-state index contributed by atoms with van der Waals surface area (Å²) in [5.41, 5.74) is 1.01. The Hall–Kier alpha value is -1.08. The van der Waals surface area contributed by atoms with Gasteiger partial charge in [0.15, 0.2) is 0 Å². The van der Waals surface area contributed by atoms with Gasteiger partial charge in [0, 0.05) is 11.3 Å². The monoisotopic (exact) mass is 213 g/mol. The van der Waals surface area contributed by atoms with Gasteiger partial charge in [-0.25, -0.2) is 6.57 Å². The van der Waals surface area contributed by atoms with Gasteiger partial charge in [-0.1, -0.05) is 23.9 Å². The molecule has 0 aliphatic rings. The van der Waals surface area contributed by atoms with E-state index in [1.54, 1.807) is 24.3 Å². The quantitative estimate of drug-likeness (QED) is 0.547. The Morgan fingerprint density at radius 1 is 1.29 bits per heavy atom. The van der Waals surface area contributed by atoms with Crippen molar-refractivity contribution in [2.75, 3.05) is 6.54 Å². The van der Waals surface area contributed by atoms with Gasteiger partial charge >= 0.3 is 0 Å². The van der Waals surface area contributed by atoms with Crippen LogP contribution in [0.3, 0.4) is 0 Å². The van der Waals surface area contributed by atoms with E-state index in [1.165, 1.54) is 0 Å². The van der Waals surface area contributed by atoms with E-state index in [2.05, 4.69) is 4.85 Å². The van der Waals surface area contributed by atoms with Crippen LogP contribution < -0.4 is 0 Å². The Bertz CT molecular complexity index is 316. The van der Waals surface area contributed by atoms with E-state index in [1.807, 2.05) is 0 Å². The van der Waals surface area contributed by atoms with Crippen molar-refractivity contribution in [2.45, 2.75) is 17.1 Å². The molecule has 4 heteroatoms. The van der Waals surface area contributed by atoms with E-state index >= 15 is 0 Å². The van der Waals surface area contributed by atoms with Gasteiger partial charge in [-0.3, -0.25) is 0 Å². The molecule has 1 aromatic rings. The van der Waals surface area contributed by atoms with Crippen molar-refractivity contribution >= 4 is 11.8 Å². The zero-order valence-corrected chi connectivity index (χ0v) is 8.23. The molecule has 0 aliphatic carbocycles. The Balaban J connectivity index is 2.56. The standard InChI is InChI=1S/C10H9F2NS/c1-13-7-6-8-2-4-9(5-3-8)14-10(11)12/h2-5,10H,6-7H2. The van der Waals surface area contributed by atoms with Crippen LogP contribution in [0.15, 0.2) is 29.2 Å². The third-order valence-corrected chi connectivity index (χ3v) is 2.38. The van der Waals surface area contributed by atoms with Gasteiger partial charge in [0.2, 0.25) is 6.54 Å². The lowest BCUT2D eigenvalue weighted by atomic mass is 10.2. The second kappa shape index (κ2) is 5.61. The summed E-state index contributed by atoms with van der Waals surface area (Å²) in [5.74, 6) is -2.37. The predicted octanol–water partition coefficient (Wildman–Crippen LogP) is 3.46. The van der Waals surface area contributed by atoms with Crippen LogP contribution in [0.25, 0.3) is 4.85 Å². The molecule has 0 amide bonds. The maximum absolute atomic E-state index is 11.9. The van der Waals surface area contributed by atoms with Crippen LogP contribution in [-0.2, 0) is 6.42 Å². The van der Waals surface area contributed by atoms with E-state index in [0.29, 0.717) is 29.6 Å². The van der Waals surface area contributed by atoms with Crippen LogP contribution in [-0.4, -0.2) is 12.3 Å². The molecular formula is C10H9F2NS. The summed E-state index contributed by atoms with van der Waals surface area (Å²) < 4.78 is 23.9. The minimum atomic E-state index is -2.37. The Morgan fingerprint density at radius 2 is 1.93 bits per heavy atom. The molecule has 0 aromatic heterocycles. The fraction of sp³-hybridized carbons (Fsp3) is 0.300. The first-order valence-corrected chi connectivity index (χ1v) is 4.97. The molecule has 0 unspecified atom stereocenters. The molecule has 0 radical (unpaired) electrons. The molecule has 0 spiro atoms. The molecule has 1 nitrogen and oxygen atoms in total. The van der Waals surface area contributed by atoms with E-state index in [4.69, 9.17) is 6.57 Å². The van der Waals surface area contributed by atoms with Crippen molar-refractivity contribution in [2.24, 2.45) is 0 Å². The van der Waals surface area contributed by atoms with Gasteiger partial charge in [0.25, 0.3) is 5.76 Å². The third kappa shape index (κ3) is 3.75. The molecule has 74 valence electrons. The molecular weight excluding hydrogens is 204 g/mol. The number of hydrogen-bond donors (Lipinski definition) is 0. The van der Waals surface area contributed by atoms with Crippen LogP contribution >= 0.6 is 11.8 Å². The summed E-state index contributed by atoms with van der Waals surface area (Å²) >= 11 is 0.537. The molecule has 0 saturated heterocycles. The number of rotatable bonds is 4. The topological polar surface area (TPSA) is 4.36 Å². The Morgan fingerprint density at radius 3 is 2.43 bits per heavy atom. The van der Waals surface area contributed by atoms with Crippen molar-refractivity contribution in [3.05, 3.63) is 41.2 Å². The summed E-state index contributed by atoms with van der Waals surface area (Å²) in [7, 11) is 0. The Kier molecular flexibility index (Phi) is 4.41. The first-order valence-electron chi connectivity index (χ1n) is 4.09. The third-order valence-electron chi connectivity index (χ3n) is 1.66. The molecule has 0 atom stereocenters. The van der Waals surface area contributed by atoms with Gasteiger partial charge < -0.3 is 4.85 Å².